The smallest absolute Gasteiger partial charge is 0.333 e. The minimum atomic E-state index is -0.519. The zero-order valence-corrected chi connectivity index (χ0v) is 13.6. The summed E-state index contributed by atoms with van der Waals surface area (Å²) in [6.07, 6.45) is 2.02. The number of carbonyl (C=O) groups excluding carboxylic acids is 1. The predicted octanol–water partition coefficient (Wildman–Crippen LogP) is 1.92. The summed E-state index contributed by atoms with van der Waals surface area (Å²) in [6.45, 7) is 1.51. The highest BCUT2D eigenvalue weighted by Gasteiger charge is 2.20. The fourth-order valence-corrected chi connectivity index (χ4v) is 3.27. The highest BCUT2D eigenvalue weighted by molar-refractivity contribution is 5.97. The van der Waals surface area contributed by atoms with Crippen molar-refractivity contribution in [1.82, 2.24) is 14.5 Å². The first-order valence-electron chi connectivity index (χ1n) is 8.29. The van der Waals surface area contributed by atoms with Crippen molar-refractivity contribution >= 4 is 16.8 Å². The monoisotopic (exact) mass is 335 g/mol. The van der Waals surface area contributed by atoms with Crippen LogP contribution >= 0.6 is 0 Å². The van der Waals surface area contributed by atoms with Crippen LogP contribution in [0.25, 0.3) is 16.6 Å². The van der Waals surface area contributed by atoms with E-state index < -0.39 is 11.2 Å². The fraction of sp³-hybridized carbons (Fsp3) is 0.211. The second-order valence-electron chi connectivity index (χ2n) is 6.17. The summed E-state index contributed by atoms with van der Waals surface area (Å²) < 4.78 is 1.10. The van der Waals surface area contributed by atoms with Crippen LogP contribution in [0, 0.1) is 0 Å². The van der Waals surface area contributed by atoms with E-state index in [2.05, 4.69) is 4.98 Å². The van der Waals surface area contributed by atoms with E-state index in [1.165, 1.54) is 0 Å². The number of aromatic nitrogens is 2. The van der Waals surface area contributed by atoms with Gasteiger partial charge in [0.25, 0.3) is 11.5 Å². The zero-order chi connectivity index (χ0) is 17.4. The van der Waals surface area contributed by atoms with Gasteiger partial charge in [-0.25, -0.2) is 9.36 Å². The summed E-state index contributed by atoms with van der Waals surface area (Å²) >= 11 is 0. The van der Waals surface area contributed by atoms with E-state index in [1.807, 2.05) is 6.07 Å². The van der Waals surface area contributed by atoms with Crippen molar-refractivity contribution in [3.8, 4) is 5.69 Å². The van der Waals surface area contributed by atoms with Gasteiger partial charge in [0.15, 0.2) is 0 Å². The Morgan fingerprint density at radius 3 is 2.40 bits per heavy atom. The number of fused-ring (bicyclic) bond motifs is 1. The van der Waals surface area contributed by atoms with Gasteiger partial charge in [0.1, 0.15) is 0 Å². The van der Waals surface area contributed by atoms with E-state index in [9.17, 15) is 14.4 Å². The van der Waals surface area contributed by atoms with Gasteiger partial charge in [-0.2, -0.15) is 0 Å². The molecule has 3 aromatic rings. The average Bonchev–Trinajstić information content (AvgIpc) is 3.16. The van der Waals surface area contributed by atoms with Crippen LogP contribution in [0.5, 0.6) is 0 Å². The highest BCUT2D eigenvalue weighted by atomic mass is 16.2. The standard InChI is InChI=1S/C19H17N3O3/c23-17(21-10-4-5-11-21)13-8-9-15-16(12-13)20-19(25)22(18(15)24)14-6-2-1-3-7-14/h1-3,6-9,12H,4-5,10-11H2,(H,20,25). The Morgan fingerprint density at radius 2 is 1.68 bits per heavy atom. The maximum absolute atomic E-state index is 12.7. The van der Waals surface area contributed by atoms with Gasteiger partial charge in [0.05, 0.1) is 16.6 Å². The summed E-state index contributed by atoms with van der Waals surface area (Å²) in [5.74, 6) is -0.0625. The Bertz CT molecular complexity index is 1060. The molecule has 25 heavy (non-hydrogen) atoms. The van der Waals surface area contributed by atoms with Gasteiger partial charge in [-0.05, 0) is 43.2 Å². The molecule has 0 radical (unpaired) electrons. The first kappa shape index (κ1) is 15.4. The van der Waals surface area contributed by atoms with Gasteiger partial charge in [-0.15, -0.1) is 0 Å². The molecule has 1 amide bonds. The Hall–Kier alpha value is -3.15. The number of nitrogens with one attached hydrogen (secondary N) is 1. The molecule has 1 saturated heterocycles. The van der Waals surface area contributed by atoms with E-state index in [4.69, 9.17) is 0 Å². The van der Waals surface area contributed by atoms with Crippen molar-refractivity contribution in [2.45, 2.75) is 12.8 Å². The Morgan fingerprint density at radius 1 is 0.960 bits per heavy atom. The number of aromatic amines is 1. The molecule has 1 aliphatic rings. The second-order valence-corrected chi connectivity index (χ2v) is 6.17. The molecule has 6 nitrogen and oxygen atoms in total. The quantitative estimate of drug-likeness (QED) is 0.777. The predicted molar refractivity (Wildman–Crippen MR) is 95.3 cm³/mol. The van der Waals surface area contributed by atoms with Crippen molar-refractivity contribution in [2.24, 2.45) is 0 Å². The molecule has 0 saturated carbocycles. The Balaban J connectivity index is 1.84. The molecule has 1 N–H and O–H groups in total. The van der Waals surface area contributed by atoms with Crippen LogP contribution in [0.3, 0.4) is 0 Å². The SMILES string of the molecule is O=C(c1ccc2c(=O)n(-c3ccccc3)c(=O)[nH]c2c1)N1CCCC1. The first-order chi connectivity index (χ1) is 12.1. The van der Waals surface area contributed by atoms with Gasteiger partial charge in [-0.3, -0.25) is 9.59 Å². The molecule has 0 bridgehead atoms. The molecule has 2 heterocycles. The molecule has 126 valence electrons. The molecule has 1 aliphatic heterocycles. The number of nitrogens with zero attached hydrogens (tertiary/aromatic N) is 2. The van der Waals surface area contributed by atoms with Crippen LogP contribution in [0.2, 0.25) is 0 Å². The van der Waals surface area contributed by atoms with E-state index >= 15 is 0 Å². The largest absolute Gasteiger partial charge is 0.339 e. The van der Waals surface area contributed by atoms with Gasteiger partial charge in [0.2, 0.25) is 0 Å². The van der Waals surface area contributed by atoms with Crippen LogP contribution in [0.15, 0.2) is 58.1 Å². The maximum atomic E-state index is 12.7. The lowest BCUT2D eigenvalue weighted by Gasteiger charge is -2.15. The van der Waals surface area contributed by atoms with Crippen molar-refractivity contribution in [3.63, 3.8) is 0 Å². The maximum Gasteiger partial charge on any atom is 0.333 e. The minimum Gasteiger partial charge on any atom is -0.339 e. The normalized spacial score (nSPS) is 14.2. The topological polar surface area (TPSA) is 75.2 Å². The minimum absolute atomic E-state index is 0.0625. The summed E-state index contributed by atoms with van der Waals surface area (Å²) in [5.41, 5.74) is 0.460. The van der Waals surface area contributed by atoms with Crippen LogP contribution in [0.4, 0.5) is 0 Å². The van der Waals surface area contributed by atoms with Crippen LogP contribution in [-0.2, 0) is 0 Å². The zero-order valence-electron chi connectivity index (χ0n) is 13.6. The molecular weight excluding hydrogens is 318 g/mol. The van der Waals surface area contributed by atoms with Gasteiger partial charge in [0, 0.05) is 18.7 Å². The molecule has 0 unspecified atom stereocenters. The number of benzene rings is 2. The number of H-pyrrole nitrogens is 1. The molecule has 4 rings (SSSR count). The van der Waals surface area contributed by atoms with Crippen molar-refractivity contribution < 1.29 is 4.79 Å². The third kappa shape index (κ3) is 2.65. The van der Waals surface area contributed by atoms with Crippen LogP contribution in [-0.4, -0.2) is 33.4 Å². The lowest BCUT2D eigenvalue weighted by molar-refractivity contribution is 0.0793. The van der Waals surface area contributed by atoms with E-state index in [0.717, 1.165) is 30.5 Å². The number of amides is 1. The third-order valence-corrected chi connectivity index (χ3v) is 4.55. The summed E-state index contributed by atoms with van der Waals surface area (Å²) in [4.78, 5) is 42.2. The summed E-state index contributed by atoms with van der Waals surface area (Å²) in [7, 11) is 0. The number of likely N-dealkylation sites (tertiary alicyclic amines) is 1. The third-order valence-electron chi connectivity index (χ3n) is 4.55. The lowest BCUT2D eigenvalue weighted by Crippen LogP contribution is -2.33. The van der Waals surface area contributed by atoms with Crippen LogP contribution < -0.4 is 11.2 Å². The van der Waals surface area contributed by atoms with E-state index in [1.54, 1.807) is 47.4 Å². The fourth-order valence-electron chi connectivity index (χ4n) is 3.27. The Labute approximate surface area is 143 Å². The molecule has 0 spiro atoms. The number of para-hydroxylation sites is 1. The molecule has 0 atom stereocenters. The number of carbonyl (C=O) groups is 1. The number of rotatable bonds is 2. The molecule has 1 fully saturated rings. The van der Waals surface area contributed by atoms with E-state index in [0.29, 0.717) is 22.2 Å². The number of hydrogen-bond donors (Lipinski definition) is 1. The molecule has 0 aliphatic carbocycles. The molecule has 1 aromatic heterocycles. The second kappa shape index (κ2) is 6.05. The summed E-state index contributed by atoms with van der Waals surface area (Å²) in [6, 6.07) is 13.6. The first-order valence-corrected chi connectivity index (χ1v) is 8.29. The summed E-state index contributed by atoms with van der Waals surface area (Å²) in [5, 5.41) is 0.376. The van der Waals surface area contributed by atoms with Gasteiger partial charge < -0.3 is 9.88 Å². The van der Waals surface area contributed by atoms with Gasteiger partial charge >= 0.3 is 5.69 Å². The van der Waals surface area contributed by atoms with E-state index in [-0.39, 0.29) is 5.91 Å². The number of hydrogen-bond acceptors (Lipinski definition) is 3. The van der Waals surface area contributed by atoms with Gasteiger partial charge in [-0.1, -0.05) is 18.2 Å². The Kier molecular flexibility index (Phi) is 3.72. The van der Waals surface area contributed by atoms with Crippen molar-refractivity contribution in [3.05, 3.63) is 74.9 Å². The van der Waals surface area contributed by atoms with Crippen molar-refractivity contribution in [2.75, 3.05) is 13.1 Å². The van der Waals surface area contributed by atoms with Crippen LogP contribution in [0.1, 0.15) is 23.2 Å². The lowest BCUT2D eigenvalue weighted by atomic mass is 10.1. The molecule has 6 heteroatoms. The molecular formula is C19H17N3O3. The molecule has 2 aromatic carbocycles. The van der Waals surface area contributed by atoms with Crippen molar-refractivity contribution in [1.29, 1.82) is 0 Å². The highest BCUT2D eigenvalue weighted by Crippen LogP contribution is 2.16. The average molecular weight is 335 g/mol.